The van der Waals surface area contributed by atoms with Crippen LogP contribution < -0.4 is 5.32 Å². The number of aliphatic hydroxyl groups excluding tert-OH is 1. The van der Waals surface area contributed by atoms with Crippen molar-refractivity contribution in [2.75, 3.05) is 57.9 Å². The molecule has 8 heteroatoms. The monoisotopic (exact) mass is 506 g/mol. The topological polar surface area (TPSA) is 88.1 Å². The summed E-state index contributed by atoms with van der Waals surface area (Å²) in [5.41, 5.74) is 3.62. The van der Waals surface area contributed by atoms with Gasteiger partial charge in [0, 0.05) is 38.4 Å². The van der Waals surface area contributed by atoms with E-state index in [1.165, 1.54) is 23.0 Å². The molecule has 2 N–H and O–H groups in total. The van der Waals surface area contributed by atoms with Gasteiger partial charge in [-0.25, -0.2) is 8.42 Å². The van der Waals surface area contributed by atoms with Crippen LogP contribution in [0.25, 0.3) is 5.57 Å². The highest BCUT2D eigenvalue weighted by atomic mass is 32.2. The Labute approximate surface area is 211 Å². The summed E-state index contributed by atoms with van der Waals surface area (Å²) in [7, 11) is -2.96. The fraction of sp³-hybridized carbons (Fsp3) is 0.630. The van der Waals surface area contributed by atoms with Crippen LogP contribution in [0.4, 0.5) is 0 Å². The number of aryl methyl sites for hydroxylation is 1. The number of ether oxygens (including phenoxy) is 2. The van der Waals surface area contributed by atoms with E-state index in [2.05, 4.69) is 54.4 Å². The zero-order valence-corrected chi connectivity index (χ0v) is 22.2. The average molecular weight is 507 g/mol. The molecule has 2 unspecified atom stereocenters. The first-order chi connectivity index (χ1) is 16.7. The first-order valence-electron chi connectivity index (χ1n) is 12.7. The van der Waals surface area contributed by atoms with Crippen molar-refractivity contribution in [2.45, 2.75) is 45.0 Å². The molecular weight excluding hydrogens is 464 g/mol. The molecule has 3 rings (SSSR count). The molecule has 1 aromatic rings. The smallest absolute Gasteiger partial charge is 0.194 e. The van der Waals surface area contributed by atoms with Gasteiger partial charge in [-0.15, -0.1) is 0 Å². The first kappa shape index (κ1) is 28.0. The molecule has 7 nitrogen and oxygen atoms in total. The van der Waals surface area contributed by atoms with E-state index in [4.69, 9.17) is 9.47 Å². The number of rotatable bonds is 14. The molecule has 0 saturated carbocycles. The number of aliphatic hydroxyl groups is 1. The van der Waals surface area contributed by atoms with E-state index < -0.39 is 15.6 Å². The number of nitrogens with zero attached hydrogens (tertiary/aromatic N) is 1. The third-order valence-electron chi connectivity index (χ3n) is 6.80. The van der Waals surface area contributed by atoms with Crippen molar-refractivity contribution in [3.05, 3.63) is 53.6 Å². The second kappa shape index (κ2) is 13.1. The summed E-state index contributed by atoms with van der Waals surface area (Å²) in [5, 5.41) is 12.9. The van der Waals surface area contributed by atoms with Crippen LogP contribution in [0.2, 0.25) is 0 Å². The number of nitrogens with one attached hydrogen (secondary N) is 1. The second-order valence-electron chi connectivity index (χ2n) is 9.77. The molecule has 35 heavy (non-hydrogen) atoms. The molecule has 1 aromatic carbocycles. The molecule has 1 fully saturated rings. The summed E-state index contributed by atoms with van der Waals surface area (Å²) in [4.78, 5) is 2.28. The van der Waals surface area contributed by atoms with Crippen LogP contribution in [0.3, 0.4) is 0 Å². The average Bonchev–Trinajstić information content (AvgIpc) is 3.22. The predicted molar refractivity (Wildman–Crippen MR) is 141 cm³/mol. The minimum absolute atomic E-state index is 0.000373. The van der Waals surface area contributed by atoms with Crippen molar-refractivity contribution >= 4 is 15.4 Å². The Morgan fingerprint density at radius 2 is 1.91 bits per heavy atom. The van der Waals surface area contributed by atoms with E-state index in [1.807, 2.05) is 12.2 Å². The number of hydrogen-bond donors (Lipinski definition) is 2. The van der Waals surface area contributed by atoms with E-state index in [9.17, 15) is 13.5 Å². The van der Waals surface area contributed by atoms with E-state index in [-0.39, 0.29) is 17.8 Å². The van der Waals surface area contributed by atoms with Gasteiger partial charge >= 0.3 is 0 Å². The van der Waals surface area contributed by atoms with Gasteiger partial charge in [-0.05, 0) is 55.5 Å². The Hall–Kier alpha value is -1.55. The molecule has 3 atom stereocenters. The fourth-order valence-electron chi connectivity index (χ4n) is 4.75. The van der Waals surface area contributed by atoms with Crippen LogP contribution in [0.5, 0.6) is 0 Å². The number of benzene rings is 1. The maximum atomic E-state index is 11.3. The van der Waals surface area contributed by atoms with E-state index in [0.717, 1.165) is 38.9 Å². The van der Waals surface area contributed by atoms with Crippen molar-refractivity contribution in [1.82, 2.24) is 10.2 Å². The molecule has 1 heterocycles. The standard InChI is InChI=1S/C27H42N2O5S/c1-22-9-4-5-10-25(22)26-11-6-13-27(23(26)2,33-18-7-14-28-15-20-35(3,31)32)34-19-8-16-29-17-12-24(30)21-29/h4-6,9-11,13,23-24,28,30H,7-8,12,14-21H2,1-3H3/t23?,24-,27?/m1/s1. The summed E-state index contributed by atoms with van der Waals surface area (Å²) in [5.74, 6) is -0.719. The van der Waals surface area contributed by atoms with Gasteiger partial charge in [0.1, 0.15) is 9.84 Å². The Balaban J connectivity index is 1.59. The van der Waals surface area contributed by atoms with Crippen LogP contribution in [0, 0.1) is 12.8 Å². The number of hydrogen-bond acceptors (Lipinski definition) is 7. The summed E-state index contributed by atoms with van der Waals surface area (Å²) in [6, 6.07) is 8.38. The minimum Gasteiger partial charge on any atom is -0.392 e. The second-order valence-corrected chi connectivity index (χ2v) is 12.0. The molecule has 0 spiro atoms. The molecule has 2 aliphatic rings. The Morgan fingerprint density at radius 3 is 2.60 bits per heavy atom. The molecule has 0 bridgehead atoms. The Morgan fingerprint density at radius 1 is 1.17 bits per heavy atom. The lowest BCUT2D eigenvalue weighted by Crippen LogP contribution is -2.43. The van der Waals surface area contributed by atoms with Gasteiger partial charge in [0.2, 0.25) is 0 Å². The van der Waals surface area contributed by atoms with Crippen molar-refractivity contribution in [1.29, 1.82) is 0 Å². The molecule has 196 valence electrons. The van der Waals surface area contributed by atoms with E-state index in [0.29, 0.717) is 26.3 Å². The highest BCUT2D eigenvalue weighted by Gasteiger charge is 2.40. The number of sulfone groups is 1. The highest BCUT2D eigenvalue weighted by molar-refractivity contribution is 7.90. The number of allylic oxidation sites excluding steroid dienone is 2. The zero-order chi connectivity index (χ0) is 25.3. The normalized spacial score (nSPS) is 25.2. The van der Waals surface area contributed by atoms with Gasteiger partial charge in [-0.1, -0.05) is 43.3 Å². The fourth-order valence-corrected chi connectivity index (χ4v) is 5.26. The van der Waals surface area contributed by atoms with Crippen molar-refractivity contribution in [3.63, 3.8) is 0 Å². The molecule has 0 radical (unpaired) electrons. The zero-order valence-electron chi connectivity index (χ0n) is 21.4. The van der Waals surface area contributed by atoms with E-state index in [1.54, 1.807) is 0 Å². The third-order valence-corrected chi connectivity index (χ3v) is 7.75. The van der Waals surface area contributed by atoms with Gasteiger partial charge in [-0.3, -0.25) is 0 Å². The van der Waals surface area contributed by atoms with Crippen LogP contribution >= 0.6 is 0 Å². The lowest BCUT2D eigenvalue weighted by Gasteiger charge is -2.40. The lowest BCUT2D eigenvalue weighted by molar-refractivity contribution is -0.223. The summed E-state index contributed by atoms with van der Waals surface area (Å²) >= 11 is 0. The Bertz CT molecular complexity index is 978. The van der Waals surface area contributed by atoms with Crippen LogP contribution in [0.15, 0.2) is 42.5 Å². The molecule has 1 saturated heterocycles. The maximum absolute atomic E-state index is 11.3. The highest BCUT2D eigenvalue weighted by Crippen LogP contribution is 2.40. The summed E-state index contributed by atoms with van der Waals surface area (Å²) < 4.78 is 35.5. The van der Waals surface area contributed by atoms with Crippen molar-refractivity contribution in [3.8, 4) is 0 Å². The number of likely N-dealkylation sites (tertiary alicyclic amines) is 1. The predicted octanol–water partition coefficient (Wildman–Crippen LogP) is 2.79. The van der Waals surface area contributed by atoms with Gasteiger partial charge in [-0.2, -0.15) is 0 Å². The maximum Gasteiger partial charge on any atom is 0.194 e. The van der Waals surface area contributed by atoms with Crippen LogP contribution in [0.1, 0.15) is 37.3 Å². The largest absolute Gasteiger partial charge is 0.392 e. The van der Waals surface area contributed by atoms with E-state index >= 15 is 0 Å². The lowest BCUT2D eigenvalue weighted by atomic mass is 9.82. The van der Waals surface area contributed by atoms with Crippen LogP contribution in [-0.4, -0.2) is 88.3 Å². The SMILES string of the molecule is Cc1ccccc1C1=CC=CC(OCCCNCCS(C)(=O)=O)(OCCCN2CC[C@@H](O)C2)C1C. The van der Waals surface area contributed by atoms with Gasteiger partial charge < -0.3 is 24.8 Å². The van der Waals surface area contributed by atoms with Crippen molar-refractivity contribution < 1.29 is 23.0 Å². The molecule has 1 aliphatic heterocycles. The quantitative estimate of drug-likeness (QED) is 0.296. The van der Waals surface area contributed by atoms with Gasteiger partial charge in [0.15, 0.2) is 5.79 Å². The molecule has 0 amide bonds. The summed E-state index contributed by atoms with van der Waals surface area (Å²) in [6.45, 7) is 9.05. The van der Waals surface area contributed by atoms with Crippen LogP contribution in [-0.2, 0) is 19.3 Å². The molecule has 1 aliphatic carbocycles. The first-order valence-corrected chi connectivity index (χ1v) is 14.8. The molecular formula is C27H42N2O5S. The van der Waals surface area contributed by atoms with Gasteiger partial charge in [0.05, 0.1) is 25.1 Å². The summed E-state index contributed by atoms with van der Waals surface area (Å²) in [6.07, 6.45) is 9.71. The third kappa shape index (κ3) is 8.51. The molecule has 0 aromatic heterocycles. The van der Waals surface area contributed by atoms with Crippen molar-refractivity contribution in [2.24, 2.45) is 5.92 Å². The minimum atomic E-state index is -2.96. The van der Waals surface area contributed by atoms with Gasteiger partial charge in [0.25, 0.3) is 0 Å². The Kier molecular flexibility index (Phi) is 10.5. The number of β-amino-alcohol motifs (C(OH)–C–C–N with tert-alkyl or cyclic N) is 1.